The smallest absolute Gasteiger partial charge is 0.264 e. The van der Waals surface area contributed by atoms with E-state index in [2.05, 4.69) is 17.2 Å². The number of para-hydroxylation sites is 1. The molecule has 7 heteroatoms. The first-order valence-corrected chi connectivity index (χ1v) is 10.5. The summed E-state index contributed by atoms with van der Waals surface area (Å²) in [6.07, 6.45) is 2.58. The molecular formula is C22H16Cl2N2O2S. The Morgan fingerprint density at radius 3 is 2.72 bits per heavy atom. The molecule has 4 nitrogen and oxygen atoms in total. The molecule has 1 saturated heterocycles. The zero-order chi connectivity index (χ0) is 20.4. The highest BCUT2D eigenvalue weighted by Crippen LogP contribution is 2.32. The minimum atomic E-state index is -0.199. The summed E-state index contributed by atoms with van der Waals surface area (Å²) in [5.74, 6) is 1.01. The number of nitrogens with zero attached hydrogens (tertiary/aromatic N) is 1. The summed E-state index contributed by atoms with van der Waals surface area (Å²) in [6.45, 7) is 2.08. The lowest BCUT2D eigenvalue weighted by molar-refractivity contribution is -0.115. The van der Waals surface area contributed by atoms with E-state index in [0.717, 1.165) is 23.2 Å². The minimum Gasteiger partial charge on any atom is -0.457 e. The summed E-state index contributed by atoms with van der Waals surface area (Å²) < 4.78 is 5.85. The van der Waals surface area contributed by atoms with Crippen LogP contribution in [0.25, 0.3) is 17.4 Å². The number of thioether (sulfide) groups is 1. The molecule has 2 aromatic carbocycles. The summed E-state index contributed by atoms with van der Waals surface area (Å²) in [6, 6.07) is 16.8. The average Bonchev–Trinajstić information content (AvgIpc) is 3.31. The number of nitrogens with one attached hydrogen (secondary N) is 1. The number of aryl methyl sites for hydroxylation is 1. The van der Waals surface area contributed by atoms with Crippen LogP contribution in [0.15, 0.2) is 68.9 Å². The van der Waals surface area contributed by atoms with Crippen LogP contribution in [0.1, 0.15) is 18.2 Å². The second kappa shape index (κ2) is 8.49. The maximum absolute atomic E-state index is 12.3. The predicted molar refractivity (Wildman–Crippen MR) is 121 cm³/mol. The third-order valence-electron chi connectivity index (χ3n) is 4.35. The molecule has 1 aromatic heterocycles. The normalized spacial score (nSPS) is 16.6. The molecular weight excluding hydrogens is 427 g/mol. The molecule has 0 bridgehead atoms. The van der Waals surface area contributed by atoms with Crippen LogP contribution in [0.5, 0.6) is 0 Å². The van der Waals surface area contributed by atoms with Gasteiger partial charge in [-0.05, 0) is 60.1 Å². The van der Waals surface area contributed by atoms with E-state index < -0.39 is 0 Å². The summed E-state index contributed by atoms with van der Waals surface area (Å²) in [5.41, 5.74) is 2.80. The van der Waals surface area contributed by atoms with Gasteiger partial charge in [-0.3, -0.25) is 4.79 Å². The monoisotopic (exact) mass is 442 g/mol. The maximum atomic E-state index is 12.3. The fraction of sp³-hybridized carbons (Fsp3) is 0.0909. The summed E-state index contributed by atoms with van der Waals surface area (Å²) in [5, 5.41) is 4.31. The lowest BCUT2D eigenvalue weighted by Gasteiger charge is -2.02. The van der Waals surface area contributed by atoms with Gasteiger partial charge in [0.15, 0.2) is 5.17 Å². The molecule has 0 unspecified atom stereocenters. The van der Waals surface area contributed by atoms with E-state index in [1.54, 1.807) is 24.3 Å². The Morgan fingerprint density at radius 2 is 1.93 bits per heavy atom. The van der Waals surface area contributed by atoms with Gasteiger partial charge in [-0.15, -0.1) is 0 Å². The minimum absolute atomic E-state index is 0.199. The SMILES string of the molecule is CCc1ccccc1N=C1NC(=O)C(=Cc2ccc(-c3ccc(Cl)c(Cl)c3)o2)S1. The van der Waals surface area contributed by atoms with Gasteiger partial charge in [0, 0.05) is 11.6 Å². The van der Waals surface area contributed by atoms with Crippen LogP contribution in [-0.4, -0.2) is 11.1 Å². The van der Waals surface area contributed by atoms with E-state index >= 15 is 0 Å². The first-order valence-electron chi connectivity index (χ1n) is 8.96. The Bertz CT molecular complexity index is 1150. The molecule has 1 aliphatic heterocycles. The molecule has 0 radical (unpaired) electrons. The number of aliphatic imine (C=N–C) groups is 1. The Kier molecular flexibility index (Phi) is 5.81. The zero-order valence-electron chi connectivity index (χ0n) is 15.4. The van der Waals surface area contributed by atoms with Crippen molar-refractivity contribution in [2.24, 2.45) is 4.99 Å². The van der Waals surface area contributed by atoms with Gasteiger partial charge in [-0.2, -0.15) is 0 Å². The molecule has 146 valence electrons. The molecule has 1 fully saturated rings. The van der Waals surface area contributed by atoms with E-state index in [0.29, 0.717) is 31.6 Å². The van der Waals surface area contributed by atoms with Crippen LogP contribution in [-0.2, 0) is 11.2 Å². The lowest BCUT2D eigenvalue weighted by Crippen LogP contribution is -2.19. The number of amides is 1. The standard InChI is InChI=1S/C22H16Cl2N2O2S/c1-2-13-5-3-4-6-18(13)25-22-26-21(27)20(29-22)12-15-8-10-19(28-15)14-7-9-16(23)17(24)11-14/h3-12H,2H2,1H3,(H,25,26,27). The van der Waals surface area contributed by atoms with Gasteiger partial charge in [0.25, 0.3) is 5.91 Å². The second-order valence-electron chi connectivity index (χ2n) is 6.29. The summed E-state index contributed by atoms with van der Waals surface area (Å²) in [7, 11) is 0. The average molecular weight is 443 g/mol. The van der Waals surface area contributed by atoms with Crippen molar-refractivity contribution >= 4 is 57.8 Å². The quantitative estimate of drug-likeness (QED) is 0.456. The fourth-order valence-corrected chi connectivity index (χ4v) is 3.99. The number of furan rings is 1. The van der Waals surface area contributed by atoms with Crippen LogP contribution < -0.4 is 5.32 Å². The maximum Gasteiger partial charge on any atom is 0.264 e. The fourth-order valence-electron chi connectivity index (χ4n) is 2.87. The number of benzene rings is 2. The Labute approximate surface area is 182 Å². The number of amidine groups is 1. The predicted octanol–water partition coefficient (Wildman–Crippen LogP) is 6.71. The topological polar surface area (TPSA) is 54.6 Å². The van der Waals surface area contributed by atoms with Gasteiger partial charge < -0.3 is 9.73 Å². The molecule has 1 amide bonds. The Morgan fingerprint density at radius 1 is 1.10 bits per heavy atom. The number of halogens is 2. The molecule has 1 aliphatic rings. The van der Waals surface area contributed by atoms with E-state index in [9.17, 15) is 4.79 Å². The van der Waals surface area contributed by atoms with Crippen molar-refractivity contribution in [2.45, 2.75) is 13.3 Å². The van der Waals surface area contributed by atoms with Crippen LogP contribution in [0.3, 0.4) is 0 Å². The first kappa shape index (κ1) is 19.8. The number of carbonyl (C=O) groups excluding carboxylic acids is 1. The van der Waals surface area contributed by atoms with Gasteiger partial charge >= 0.3 is 0 Å². The second-order valence-corrected chi connectivity index (χ2v) is 8.14. The van der Waals surface area contributed by atoms with Crippen LogP contribution in [0.2, 0.25) is 10.0 Å². The molecule has 0 aliphatic carbocycles. The number of carbonyl (C=O) groups is 1. The van der Waals surface area contributed by atoms with Gasteiger partial charge in [-0.25, -0.2) is 4.99 Å². The van der Waals surface area contributed by atoms with E-state index in [1.807, 2.05) is 36.4 Å². The van der Waals surface area contributed by atoms with Crippen molar-refractivity contribution in [3.63, 3.8) is 0 Å². The largest absolute Gasteiger partial charge is 0.457 e. The highest BCUT2D eigenvalue weighted by molar-refractivity contribution is 8.18. The van der Waals surface area contributed by atoms with Gasteiger partial charge in [-0.1, -0.05) is 48.3 Å². The van der Waals surface area contributed by atoms with Crippen LogP contribution in [0, 0.1) is 0 Å². The van der Waals surface area contributed by atoms with Crippen molar-refractivity contribution in [3.8, 4) is 11.3 Å². The molecule has 29 heavy (non-hydrogen) atoms. The van der Waals surface area contributed by atoms with Crippen LogP contribution >= 0.6 is 35.0 Å². The number of hydrogen-bond acceptors (Lipinski definition) is 4. The third kappa shape index (κ3) is 4.42. The van der Waals surface area contributed by atoms with Crippen molar-refractivity contribution < 1.29 is 9.21 Å². The first-order chi connectivity index (χ1) is 14.0. The van der Waals surface area contributed by atoms with Crippen molar-refractivity contribution in [3.05, 3.63) is 80.9 Å². The van der Waals surface area contributed by atoms with Gasteiger partial charge in [0.2, 0.25) is 0 Å². The lowest BCUT2D eigenvalue weighted by atomic mass is 10.1. The van der Waals surface area contributed by atoms with Crippen molar-refractivity contribution in [2.75, 3.05) is 0 Å². The molecule has 4 rings (SSSR count). The van der Waals surface area contributed by atoms with E-state index in [1.165, 1.54) is 11.8 Å². The molecule has 0 saturated carbocycles. The molecule has 0 spiro atoms. The highest BCUT2D eigenvalue weighted by atomic mass is 35.5. The molecule has 1 N–H and O–H groups in total. The molecule has 2 heterocycles. The number of rotatable bonds is 4. The molecule has 3 aromatic rings. The number of hydrogen-bond donors (Lipinski definition) is 1. The van der Waals surface area contributed by atoms with Gasteiger partial charge in [0.1, 0.15) is 11.5 Å². The highest BCUT2D eigenvalue weighted by Gasteiger charge is 2.24. The Hall–Kier alpha value is -2.47. The van der Waals surface area contributed by atoms with E-state index in [-0.39, 0.29) is 5.91 Å². The third-order valence-corrected chi connectivity index (χ3v) is 6.00. The van der Waals surface area contributed by atoms with Crippen molar-refractivity contribution in [1.29, 1.82) is 0 Å². The van der Waals surface area contributed by atoms with Gasteiger partial charge in [0.05, 0.1) is 20.6 Å². The summed E-state index contributed by atoms with van der Waals surface area (Å²) >= 11 is 13.3. The van der Waals surface area contributed by atoms with Crippen molar-refractivity contribution in [1.82, 2.24) is 5.32 Å². The molecule has 0 atom stereocenters. The van der Waals surface area contributed by atoms with E-state index in [4.69, 9.17) is 27.6 Å². The summed E-state index contributed by atoms with van der Waals surface area (Å²) in [4.78, 5) is 17.4. The van der Waals surface area contributed by atoms with Crippen LogP contribution in [0.4, 0.5) is 5.69 Å². The Balaban J connectivity index is 1.56. The zero-order valence-corrected chi connectivity index (χ0v) is 17.7.